The lowest BCUT2D eigenvalue weighted by molar-refractivity contribution is 0.0763. The first-order valence-electron chi connectivity index (χ1n) is 6.11. The van der Waals surface area contributed by atoms with E-state index in [4.69, 9.17) is 10.5 Å². The number of nitrogen functional groups attached to an aromatic ring is 1. The van der Waals surface area contributed by atoms with Gasteiger partial charge in [0.05, 0.1) is 6.54 Å². The molecule has 0 spiro atoms. The number of ether oxygens (including phenoxy) is 1. The molecule has 0 bridgehead atoms. The zero-order chi connectivity index (χ0) is 14.5. The van der Waals surface area contributed by atoms with Crippen molar-refractivity contribution >= 4 is 11.7 Å². The third-order valence-electron chi connectivity index (χ3n) is 2.75. The molecule has 0 saturated heterocycles. The molecule has 1 heterocycles. The normalized spacial score (nSPS) is 10.3. The molecule has 0 unspecified atom stereocenters. The Morgan fingerprint density at radius 3 is 2.90 bits per heavy atom. The maximum atomic E-state index is 12.0. The van der Waals surface area contributed by atoms with E-state index in [2.05, 4.69) is 14.9 Å². The van der Waals surface area contributed by atoms with Crippen LogP contribution in [0.25, 0.3) is 0 Å². The highest BCUT2D eigenvalue weighted by Crippen LogP contribution is 2.12. The minimum absolute atomic E-state index is 0.0125. The van der Waals surface area contributed by atoms with Gasteiger partial charge in [-0.3, -0.25) is 4.79 Å². The van der Waals surface area contributed by atoms with Gasteiger partial charge in [0.2, 0.25) is 11.5 Å². The Bertz CT molecular complexity index is 597. The van der Waals surface area contributed by atoms with Gasteiger partial charge in [-0.1, -0.05) is 12.1 Å². The van der Waals surface area contributed by atoms with Crippen LogP contribution in [-0.4, -0.2) is 41.3 Å². The zero-order valence-corrected chi connectivity index (χ0v) is 11.4. The van der Waals surface area contributed by atoms with Crippen molar-refractivity contribution in [3.05, 3.63) is 35.5 Å². The van der Waals surface area contributed by atoms with Gasteiger partial charge in [0, 0.05) is 7.05 Å². The van der Waals surface area contributed by atoms with Gasteiger partial charge in [-0.15, -0.1) is 0 Å². The van der Waals surface area contributed by atoms with Gasteiger partial charge in [-0.25, -0.2) is 4.63 Å². The molecule has 0 fully saturated rings. The van der Waals surface area contributed by atoms with Crippen molar-refractivity contribution in [2.75, 3.05) is 25.9 Å². The Morgan fingerprint density at radius 2 is 2.25 bits per heavy atom. The Labute approximate surface area is 116 Å². The second kappa shape index (κ2) is 6.05. The quantitative estimate of drug-likeness (QED) is 0.879. The van der Waals surface area contributed by atoms with Crippen molar-refractivity contribution in [3.8, 4) is 5.75 Å². The fourth-order valence-electron chi connectivity index (χ4n) is 1.63. The van der Waals surface area contributed by atoms with E-state index < -0.39 is 0 Å². The van der Waals surface area contributed by atoms with Gasteiger partial charge in [-0.2, -0.15) is 0 Å². The molecular weight excluding hydrogens is 260 g/mol. The minimum atomic E-state index is -0.350. The zero-order valence-electron chi connectivity index (χ0n) is 11.4. The minimum Gasteiger partial charge on any atom is -0.492 e. The highest BCUT2D eigenvalue weighted by Gasteiger charge is 2.19. The van der Waals surface area contributed by atoms with Crippen LogP contribution in [0.2, 0.25) is 0 Å². The number of anilines is 1. The van der Waals surface area contributed by atoms with Gasteiger partial charge >= 0.3 is 0 Å². The molecule has 0 radical (unpaired) electrons. The molecule has 0 atom stereocenters. The number of carbonyl (C=O) groups excluding carboxylic acids is 1. The van der Waals surface area contributed by atoms with E-state index in [0.29, 0.717) is 13.2 Å². The van der Waals surface area contributed by atoms with Crippen LogP contribution in [0.15, 0.2) is 28.9 Å². The summed E-state index contributed by atoms with van der Waals surface area (Å²) in [6.07, 6.45) is 0. The molecule has 0 aliphatic heterocycles. The van der Waals surface area contributed by atoms with Crippen molar-refractivity contribution in [3.63, 3.8) is 0 Å². The first kappa shape index (κ1) is 13.9. The number of aromatic nitrogens is 2. The predicted octanol–water partition coefficient (Wildman–Crippen LogP) is 1.11. The van der Waals surface area contributed by atoms with Crippen LogP contribution >= 0.6 is 0 Å². The summed E-state index contributed by atoms with van der Waals surface area (Å²) in [4.78, 5) is 13.4. The van der Waals surface area contributed by atoms with Gasteiger partial charge in [0.1, 0.15) is 12.4 Å². The summed E-state index contributed by atoms with van der Waals surface area (Å²) in [5, 5.41) is 6.84. The van der Waals surface area contributed by atoms with Crippen LogP contribution < -0.4 is 10.5 Å². The molecule has 2 rings (SSSR count). The molecule has 0 aliphatic carbocycles. The van der Waals surface area contributed by atoms with Crippen molar-refractivity contribution < 1.29 is 14.2 Å². The number of nitrogens with two attached hydrogens (primary N) is 1. The third-order valence-corrected chi connectivity index (χ3v) is 2.75. The van der Waals surface area contributed by atoms with E-state index in [1.54, 1.807) is 7.05 Å². The molecule has 0 aliphatic rings. The van der Waals surface area contributed by atoms with Gasteiger partial charge in [0.25, 0.3) is 5.91 Å². The van der Waals surface area contributed by atoms with E-state index in [0.717, 1.165) is 11.3 Å². The van der Waals surface area contributed by atoms with Crippen LogP contribution in [0.1, 0.15) is 16.1 Å². The molecule has 2 N–H and O–H groups in total. The van der Waals surface area contributed by atoms with Crippen molar-refractivity contribution in [2.45, 2.75) is 6.92 Å². The monoisotopic (exact) mass is 276 g/mol. The SMILES string of the molecule is Cc1cccc(OCCN(C)C(=O)c2nonc2N)c1. The van der Waals surface area contributed by atoms with E-state index in [9.17, 15) is 4.79 Å². The van der Waals surface area contributed by atoms with Crippen LogP contribution in [0, 0.1) is 6.92 Å². The lowest BCUT2D eigenvalue weighted by Crippen LogP contribution is -2.31. The average Bonchev–Trinajstić information content (AvgIpc) is 2.84. The summed E-state index contributed by atoms with van der Waals surface area (Å²) in [6, 6.07) is 7.71. The Morgan fingerprint density at radius 1 is 1.45 bits per heavy atom. The molecule has 1 amide bonds. The number of carbonyl (C=O) groups is 1. The molecule has 2 aromatic rings. The number of hydrogen-bond acceptors (Lipinski definition) is 6. The lowest BCUT2D eigenvalue weighted by atomic mass is 10.2. The van der Waals surface area contributed by atoms with Gasteiger partial charge < -0.3 is 15.4 Å². The summed E-state index contributed by atoms with van der Waals surface area (Å²) >= 11 is 0. The van der Waals surface area contributed by atoms with E-state index >= 15 is 0 Å². The second-order valence-electron chi connectivity index (χ2n) is 4.39. The number of nitrogens with zero attached hydrogens (tertiary/aromatic N) is 3. The standard InChI is InChI=1S/C13H16N4O3/c1-9-4-3-5-10(8-9)19-7-6-17(2)13(18)11-12(14)16-20-15-11/h3-5,8H,6-7H2,1-2H3,(H2,14,16). The summed E-state index contributed by atoms with van der Waals surface area (Å²) in [7, 11) is 1.63. The number of aryl methyl sites for hydroxylation is 1. The Hall–Kier alpha value is -2.57. The number of hydrogen-bond donors (Lipinski definition) is 1. The molecule has 0 saturated carbocycles. The topological polar surface area (TPSA) is 94.5 Å². The summed E-state index contributed by atoms with van der Waals surface area (Å²) in [5.41, 5.74) is 6.61. The van der Waals surface area contributed by atoms with Gasteiger partial charge in [-0.05, 0) is 34.9 Å². The van der Waals surface area contributed by atoms with E-state index in [1.807, 2.05) is 31.2 Å². The molecule has 7 nitrogen and oxygen atoms in total. The predicted molar refractivity (Wildman–Crippen MR) is 72.3 cm³/mol. The van der Waals surface area contributed by atoms with Crippen LogP contribution in [0.3, 0.4) is 0 Å². The molecule has 1 aromatic heterocycles. The van der Waals surface area contributed by atoms with Crippen molar-refractivity contribution in [2.24, 2.45) is 0 Å². The average molecular weight is 276 g/mol. The lowest BCUT2D eigenvalue weighted by Gasteiger charge is -2.16. The fourth-order valence-corrected chi connectivity index (χ4v) is 1.63. The van der Waals surface area contributed by atoms with Crippen LogP contribution in [-0.2, 0) is 0 Å². The van der Waals surface area contributed by atoms with Crippen LogP contribution in [0.5, 0.6) is 5.75 Å². The maximum Gasteiger partial charge on any atom is 0.279 e. The maximum absolute atomic E-state index is 12.0. The Kier molecular flexibility index (Phi) is 4.19. The Balaban J connectivity index is 1.85. The highest BCUT2D eigenvalue weighted by atomic mass is 16.6. The summed E-state index contributed by atoms with van der Waals surface area (Å²) in [6.45, 7) is 2.76. The summed E-state index contributed by atoms with van der Waals surface area (Å²) in [5.74, 6) is 0.409. The van der Waals surface area contributed by atoms with E-state index in [-0.39, 0.29) is 17.4 Å². The molecular formula is C13H16N4O3. The van der Waals surface area contributed by atoms with Gasteiger partial charge in [0.15, 0.2) is 0 Å². The first-order chi connectivity index (χ1) is 9.58. The van der Waals surface area contributed by atoms with Crippen molar-refractivity contribution in [1.29, 1.82) is 0 Å². The first-order valence-corrected chi connectivity index (χ1v) is 6.11. The third kappa shape index (κ3) is 3.25. The number of rotatable bonds is 5. The molecule has 7 heteroatoms. The number of benzene rings is 1. The fraction of sp³-hybridized carbons (Fsp3) is 0.308. The largest absolute Gasteiger partial charge is 0.492 e. The van der Waals surface area contributed by atoms with Crippen LogP contribution in [0.4, 0.5) is 5.82 Å². The number of amides is 1. The highest BCUT2D eigenvalue weighted by molar-refractivity contribution is 5.95. The smallest absolute Gasteiger partial charge is 0.279 e. The molecule has 106 valence electrons. The molecule has 20 heavy (non-hydrogen) atoms. The number of likely N-dealkylation sites (N-methyl/N-ethyl adjacent to an activating group) is 1. The van der Waals surface area contributed by atoms with Crippen molar-refractivity contribution in [1.82, 2.24) is 15.2 Å². The van der Waals surface area contributed by atoms with E-state index in [1.165, 1.54) is 4.90 Å². The summed E-state index contributed by atoms with van der Waals surface area (Å²) < 4.78 is 9.97. The second-order valence-corrected chi connectivity index (χ2v) is 4.39. The molecule has 1 aromatic carbocycles.